The number of hydrogen-bond acceptors (Lipinski definition) is 2. The molecule has 0 aliphatic rings. The fraction of sp³-hybridized carbons (Fsp3) is 0.533. The first-order valence-corrected chi connectivity index (χ1v) is 6.44. The van der Waals surface area contributed by atoms with Crippen molar-refractivity contribution in [2.24, 2.45) is 5.92 Å². The van der Waals surface area contributed by atoms with Gasteiger partial charge in [-0.25, -0.2) is 4.39 Å². The molecule has 0 aliphatic heterocycles. The first-order valence-electron chi connectivity index (χ1n) is 6.44. The van der Waals surface area contributed by atoms with Gasteiger partial charge in [-0.3, -0.25) is 0 Å². The number of nitrogens with zero attached hydrogens (tertiary/aromatic N) is 1. The summed E-state index contributed by atoms with van der Waals surface area (Å²) in [5.41, 5.74) is 0.981. The fourth-order valence-corrected chi connectivity index (χ4v) is 1.73. The van der Waals surface area contributed by atoms with E-state index in [-0.39, 0.29) is 5.82 Å². The Bertz CT molecular complexity index is 421. The normalized spacial score (nSPS) is 12.4. The van der Waals surface area contributed by atoms with Crippen LogP contribution < -0.4 is 5.32 Å². The van der Waals surface area contributed by atoms with E-state index in [0.29, 0.717) is 29.6 Å². The van der Waals surface area contributed by atoms with E-state index in [9.17, 15) is 4.39 Å². The highest BCUT2D eigenvalue weighted by atomic mass is 19.1. The highest BCUT2D eigenvalue weighted by Crippen LogP contribution is 2.11. The molecule has 0 aromatic heterocycles. The largest absolute Gasteiger partial charge is 0.310 e. The Kier molecular flexibility index (Phi) is 5.80. The molecule has 0 amide bonds. The third kappa shape index (κ3) is 4.85. The molecule has 1 rings (SSSR count). The molecular formula is C15H21FN2. The van der Waals surface area contributed by atoms with Gasteiger partial charge in [-0.05, 0) is 37.8 Å². The van der Waals surface area contributed by atoms with Crippen LogP contribution in [0.4, 0.5) is 4.39 Å². The molecule has 0 saturated heterocycles. The molecule has 0 heterocycles. The van der Waals surface area contributed by atoms with Crippen LogP contribution >= 0.6 is 0 Å². The highest BCUT2D eigenvalue weighted by Gasteiger charge is 2.06. The third-order valence-corrected chi connectivity index (χ3v) is 3.00. The average Bonchev–Trinajstić information content (AvgIpc) is 2.34. The van der Waals surface area contributed by atoms with Gasteiger partial charge in [0.05, 0.1) is 11.6 Å². The lowest BCUT2D eigenvalue weighted by Crippen LogP contribution is -2.26. The molecule has 1 N–H and O–H groups in total. The summed E-state index contributed by atoms with van der Waals surface area (Å²) in [7, 11) is 0. The van der Waals surface area contributed by atoms with Gasteiger partial charge in [-0.15, -0.1) is 0 Å². The molecule has 0 spiro atoms. The van der Waals surface area contributed by atoms with Crippen LogP contribution in [0.3, 0.4) is 0 Å². The number of halogens is 1. The van der Waals surface area contributed by atoms with E-state index in [2.05, 4.69) is 26.1 Å². The molecule has 0 radical (unpaired) electrons. The van der Waals surface area contributed by atoms with Gasteiger partial charge < -0.3 is 5.32 Å². The summed E-state index contributed by atoms with van der Waals surface area (Å²) in [6, 6.07) is 6.93. The number of nitriles is 1. The number of benzene rings is 1. The molecule has 1 aromatic carbocycles. The van der Waals surface area contributed by atoms with E-state index in [1.54, 1.807) is 12.1 Å². The molecule has 0 aliphatic carbocycles. The van der Waals surface area contributed by atoms with Crippen molar-refractivity contribution in [3.8, 4) is 6.07 Å². The van der Waals surface area contributed by atoms with Crippen molar-refractivity contribution in [2.45, 2.75) is 46.2 Å². The SMILES string of the molecule is CC(C)CCC(C)NCc1ccc(C#N)cc1F. The molecule has 1 aromatic rings. The minimum Gasteiger partial charge on any atom is -0.310 e. The van der Waals surface area contributed by atoms with Crippen LogP contribution in [-0.4, -0.2) is 6.04 Å². The maximum Gasteiger partial charge on any atom is 0.129 e. The van der Waals surface area contributed by atoms with Crippen molar-refractivity contribution in [1.82, 2.24) is 5.32 Å². The van der Waals surface area contributed by atoms with E-state index in [1.807, 2.05) is 6.07 Å². The van der Waals surface area contributed by atoms with Crippen molar-refractivity contribution in [3.05, 3.63) is 35.1 Å². The Morgan fingerprint density at radius 1 is 1.28 bits per heavy atom. The van der Waals surface area contributed by atoms with Gasteiger partial charge in [-0.2, -0.15) is 5.26 Å². The summed E-state index contributed by atoms with van der Waals surface area (Å²) in [6.45, 7) is 7.03. The van der Waals surface area contributed by atoms with Gasteiger partial charge in [0.1, 0.15) is 5.82 Å². The van der Waals surface area contributed by atoms with Crippen LogP contribution in [-0.2, 0) is 6.54 Å². The van der Waals surface area contributed by atoms with E-state index >= 15 is 0 Å². The molecule has 18 heavy (non-hydrogen) atoms. The molecule has 0 fully saturated rings. The summed E-state index contributed by atoms with van der Waals surface area (Å²) in [5, 5.41) is 12.0. The zero-order valence-corrected chi connectivity index (χ0v) is 11.3. The highest BCUT2D eigenvalue weighted by molar-refractivity contribution is 5.32. The lowest BCUT2D eigenvalue weighted by Gasteiger charge is -2.15. The summed E-state index contributed by atoms with van der Waals surface area (Å²) < 4.78 is 13.6. The number of hydrogen-bond donors (Lipinski definition) is 1. The van der Waals surface area contributed by atoms with Crippen LogP contribution in [0.5, 0.6) is 0 Å². The zero-order valence-electron chi connectivity index (χ0n) is 11.3. The minimum atomic E-state index is -0.308. The maximum atomic E-state index is 13.6. The van der Waals surface area contributed by atoms with Gasteiger partial charge in [0.2, 0.25) is 0 Å². The molecule has 2 nitrogen and oxygen atoms in total. The molecule has 3 heteroatoms. The minimum absolute atomic E-state index is 0.308. The summed E-state index contributed by atoms with van der Waals surface area (Å²) >= 11 is 0. The average molecular weight is 248 g/mol. The molecule has 0 saturated carbocycles. The maximum absolute atomic E-state index is 13.6. The second kappa shape index (κ2) is 7.13. The second-order valence-electron chi connectivity index (χ2n) is 5.17. The number of nitrogens with one attached hydrogen (secondary N) is 1. The van der Waals surface area contributed by atoms with Crippen molar-refractivity contribution in [3.63, 3.8) is 0 Å². The molecule has 98 valence electrons. The quantitative estimate of drug-likeness (QED) is 0.834. The van der Waals surface area contributed by atoms with Gasteiger partial charge in [-0.1, -0.05) is 19.9 Å². The smallest absolute Gasteiger partial charge is 0.129 e. The lowest BCUT2D eigenvalue weighted by atomic mass is 10.0. The second-order valence-corrected chi connectivity index (χ2v) is 5.17. The molecule has 0 bridgehead atoms. The molecular weight excluding hydrogens is 227 g/mol. The van der Waals surface area contributed by atoms with Crippen LogP contribution in [0, 0.1) is 23.1 Å². The summed E-state index contributed by atoms with van der Waals surface area (Å²) in [4.78, 5) is 0. The Balaban J connectivity index is 2.46. The topological polar surface area (TPSA) is 35.8 Å². The van der Waals surface area contributed by atoms with Gasteiger partial charge in [0.25, 0.3) is 0 Å². The van der Waals surface area contributed by atoms with E-state index in [4.69, 9.17) is 5.26 Å². The summed E-state index contributed by atoms with van der Waals surface area (Å²) in [6.07, 6.45) is 2.26. The molecule has 1 atom stereocenters. The van der Waals surface area contributed by atoms with Crippen LogP contribution in [0.2, 0.25) is 0 Å². The van der Waals surface area contributed by atoms with Gasteiger partial charge >= 0.3 is 0 Å². The number of rotatable bonds is 6. The standard InChI is InChI=1S/C15H21FN2/c1-11(2)4-5-12(3)18-10-14-7-6-13(9-17)8-15(14)16/h6-8,11-12,18H,4-5,10H2,1-3H3. The zero-order chi connectivity index (χ0) is 13.5. The Morgan fingerprint density at radius 2 is 2.00 bits per heavy atom. The van der Waals surface area contributed by atoms with Crippen LogP contribution in [0.25, 0.3) is 0 Å². The predicted molar refractivity (Wildman–Crippen MR) is 71.5 cm³/mol. The van der Waals surface area contributed by atoms with Crippen molar-refractivity contribution in [2.75, 3.05) is 0 Å². The van der Waals surface area contributed by atoms with Gasteiger partial charge in [0.15, 0.2) is 0 Å². The molecule has 1 unspecified atom stereocenters. The fourth-order valence-electron chi connectivity index (χ4n) is 1.73. The van der Waals surface area contributed by atoms with Crippen molar-refractivity contribution < 1.29 is 4.39 Å². The van der Waals surface area contributed by atoms with E-state index < -0.39 is 0 Å². The lowest BCUT2D eigenvalue weighted by molar-refractivity contribution is 0.446. The van der Waals surface area contributed by atoms with Crippen molar-refractivity contribution in [1.29, 1.82) is 5.26 Å². The first-order chi connectivity index (χ1) is 8.52. The van der Waals surface area contributed by atoms with E-state index in [0.717, 1.165) is 6.42 Å². The predicted octanol–water partition coefficient (Wildman–Crippen LogP) is 3.61. The third-order valence-electron chi connectivity index (χ3n) is 3.00. The summed E-state index contributed by atoms with van der Waals surface area (Å²) in [5.74, 6) is 0.388. The Morgan fingerprint density at radius 3 is 2.56 bits per heavy atom. The monoisotopic (exact) mass is 248 g/mol. The Labute approximate surface area is 109 Å². The van der Waals surface area contributed by atoms with Gasteiger partial charge in [0, 0.05) is 18.2 Å². The first kappa shape index (κ1) is 14.7. The van der Waals surface area contributed by atoms with Crippen LogP contribution in [0.15, 0.2) is 18.2 Å². The Hall–Kier alpha value is -1.40. The van der Waals surface area contributed by atoms with Crippen molar-refractivity contribution >= 4 is 0 Å². The van der Waals surface area contributed by atoms with Crippen LogP contribution in [0.1, 0.15) is 44.7 Å². The van der Waals surface area contributed by atoms with E-state index in [1.165, 1.54) is 12.5 Å².